The van der Waals surface area contributed by atoms with Crippen LogP contribution in [0.4, 0.5) is 18.9 Å². The Hall–Kier alpha value is -4.04. The van der Waals surface area contributed by atoms with Crippen LogP contribution in [0.1, 0.15) is 37.8 Å². The van der Waals surface area contributed by atoms with Crippen molar-refractivity contribution < 1.29 is 22.8 Å². The molecule has 0 aliphatic carbocycles. The topological polar surface area (TPSA) is 143 Å². The van der Waals surface area contributed by atoms with E-state index < -0.39 is 23.7 Å². The molecule has 3 heterocycles. The van der Waals surface area contributed by atoms with Crippen molar-refractivity contribution in [2.75, 3.05) is 11.9 Å². The van der Waals surface area contributed by atoms with Crippen molar-refractivity contribution in [3.8, 4) is 11.9 Å². The molecule has 2 N–H and O–H groups in total. The summed E-state index contributed by atoms with van der Waals surface area (Å²) in [5.74, 6) is -1.18. The monoisotopic (exact) mass is 669 g/mol. The normalized spacial score (nSPS) is 11.2. The molecule has 0 atom stereocenters. The van der Waals surface area contributed by atoms with Crippen LogP contribution >= 0.6 is 34.2 Å². The number of pyridine rings is 1. The highest BCUT2D eigenvalue weighted by Gasteiger charge is 2.34. The lowest BCUT2D eigenvalue weighted by Crippen LogP contribution is -2.26. The molecular formula is C23H16ClF3IN9O2. The minimum absolute atomic E-state index is 0.0666. The van der Waals surface area contributed by atoms with E-state index in [2.05, 4.69) is 31.0 Å². The minimum atomic E-state index is -4.67. The summed E-state index contributed by atoms with van der Waals surface area (Å²) in [6.07, 6.45) is -2.53. The summed E-state index contributed by atoms with van der Waals surface area (Å²) in [4.78, 5) is 30.4. The molecule has 1 aromatic carbocycles. The second-order valence-corrected chi connectivity index (χ2v) is 9.63. The van der Waals surface area contributed by atoms with Crippen LogP contribution in [0.3, 0.4) is 0 Å². The molecule has 0 bridgehead atoms. The van der Waals surface area contributed by atoms with Gasteiger partial charge in [-0.05, 0) is 65.4 Å². The Morgan fingerprint density at radius 1 is 1.23 bits per heavy atom. The number of rotatable bonds is 7. The molecule has 16 heteroatoms. The number of benzene rings is 1. The van der Waals surface area contributed by atoms with E-state index >= 15 is 0 Å². The predicted octanol–water partition coefficient (Wildman–Crippen LogP) is 4.00. The molecule has 0 spiro atoms. The molecule has 0 saturated carbocycles. The smallest absolute Gasteiger partial charge is 0.339 e. The highest BCUT2D eigenvalue weighted by molar-refractivity contribution is 14.1. The highest BCUT2D eigenvalue weighted by atomic mass is 127. The van der Waals surface area contributed by atoms with Crippen molar-refractivity contribution in [1.29, 1.82) is 5.26 Å². The van der Waals surface area contributed by atoms with Gasteiger partial charge in [-0.1, -0.05) is 16.8 Å². The Balaban J connectivity index is 1.73. The second-order valence-electron chi connectivity index (χ2n) is 7.98. The summed E-state index contributed by atoms with van der Waals surface area (Å²) in [5.41, 5.74) is -0.184. The fourth-order valence-electron chi connectivity index (χ4n) is 3.52. The van der Waals surface area contributed by atoms with E-state index in [1.807, 2.05) is 28.7 Å². The van der Waals surface area contributed by atoms with Gasteiger partial charge < -0.3 is 10.6 Å². The van der Waals surface area contributed by atoms with Crippen LogP contribution in [0, 0.1) is 21.8 Å². The molecule has 200 valence electrons. The number of aromatic nitrogens is 6. The Morgan fingerprint density at radius 2 is 2.00 bits per heavy atom. The molecule has 2 amide bonds. The lowest BCUT2D eigenvalue weighted by molar-refractivity contribution is -0.141. The van der Waals surface area contributed by atoms with Crippen molar-refractivity contribution in [2.24, 2.45) is 0 Å². The van der Waals surface area contributed by atoms with Gasteiger partial charge >= 0.3 is 6.18 Å². The average Bonchev–Trinajstić information content (AvgIpc) is 3.52. The number of carbonyl (C=O) groups is 2. The van der Waals surface area contributed by atoms with Crippen LogP contribution in [0.2, 0.25) is 5.02 Å². The number of nitrogens with one attached hydrogen (secondary N) is 2. The number of aryl methyl sites for hydroxylation is 1. The van der Waals surface area contributed by atoms with Gasteiger partial charge in [-0.3, -0.25) is 9.59 Å². The van der Waals surface area contributed by atoms with Gasteiger partial charge in [0.05, 0.1) is 40.8 Å². The standard InChI is InChI=1S/C23H16ClF3IN9O2/c1-12-7-13(28)8-15(21(38)31-6-4-29)19(12)32-22(39)17-9-14(10-36-11-18(33-35-36)23(25,26)27)34-37(17)20-16(24)3-2-5-30-20/h2-3,5,7-9,11H,6,10H2,1H3,(H,31,38)(H,32,39). The summed E-state index contributed by atoms with van der Waals surface area (Å²) in [6, 6.07) is 9.57. The van der Waals surface area contributed by atoms with Crippen molar-refractivity contribution in [1.82, 2.24) is 35.1 Å². The zero-order valence-corrected chi connectivity index (χ0v) is 22.7. The first kappa shape index (κ1) is 28.0. The third-order valence-electron chi connectivity index (χ3n) is 5.20. The number of anilines is 1. The van der Waals surface area contributed by atoms with E-state index in [9.17, 15) is 22.8 Å². The van der Waals surface area contributed by atoms with Gasteiger partial charge in [0.15, 0.2) is 11.5 Å². The van der Waals surface area contributed by atoms with Gasteiger partial charge in [0.1, 0.15) is 12.2 Å². The van der Waals surface area contributed by atoms with Crippen molar-refractivity contribution in [3.63, 3.8) is 0 Å². The average molecular weight is 670 g/mol. The first-order chi connectivity index (χ1) is 18.5. The van der Waals surface area contributed by atoms with Crippen LogP contribution in [-0.4, -0.2) is 48.1 Å². The summed E-state index contributed by atoms with van der Waals surface area (Å²) >= 11 is 8.31. The largest absolute Gasteiger partial charge is 0.436 e. The third kappa shape index (κ3) is 6.34. The molecule has 0 radical (unpaired) electrons. The Kier molecular flexibility index (Phi) is 8.16. The summed E-state index contributed by atoms with van der Waals surface area (Å²) < 4.78 is 41.6. The van der Waals surface area contributed by atoms with Crippen LogP contribution in [0.5, 0.6) is 0 Å². The third-order valence-corrected chi connectivity index (χ3v) is 6.11. The zero-order valence-electron chi connectivity index (χ0n) is 19.8. The number of nitrogens with zero attached hydrogens (tertiary/aromatic N) is 7. The fraction of sp³-hybridized carbons (Fsp3) is 0.174. The molecular weight excluding hydrogens is 654 g/mol. The molecule has 0 aliphatic heterocycles. The van der Waals surface area contributed by atoms with Crippen LogP contribution < -0.4 is 10.6 Å². The van der Waals surface area contributed by atoms with Crippen molar-refractivity contribution in [2.45, 2.75) is 19.6 Å². The second kappa shape index (κ2) is 11.4. The van der Waals surface area contributed by atoms with Crippen LogP contribution in [0.25, 0.3) is 5.82 Å². The van der Waals surface area contributed by atoms with E-state index in [1.165, 1.54) is 18.3 Å². The maximum Gasteiger partial charge on any atom is 0.436 e. The van der Waals surface area contributed by atoms with Crippen molar-refractivity contribution in [3.05, 3.63) is 79.5 Å². The lowest BCUT2D eigenvalue weighted by atomic mass is 10.1. The van der Waals surface area contributed by atoms with Gasteiger partial charge in [-0.15, -0.1) is 5.10 Å². The first-order valence-corrected chi connectivity index (χ1v) is 12.4. The number of alkyl halides is 3. The number of halogens is 5. The highest BCUT2D eigenvalue weighted by Crippen LogP contribution is 2.28. The Bertz CT molecular complexity index is 1610. The molecule has 3 aromatic heterocycles. The fourth-order valence-corrected chi connectivity index (χ4v) is 4.50. The number of nitriles is 1. The zero-order chi connectivity index (χ0) is 28.3. The molecule has 11 nitrogen and oxygen atoms in total. The lowest BCUT2D eigenvalue weighted by Gasteiger charge is -2.15. The van der Waals surface area contributed by atoms with E-state index in [1.54, 1.807) is 25.1 Å². The van der Waals surface area contributed by atoms with Crippen LogP contribution in [0.15, 0.2) is 42.7 Å². The van der Waals surface area contributed by atoms with E-state index in [0.717, 1.165) is 12.9 Å². The van der Waals surface area contributed by atoms with Crippen molar-refractivity contribution >= 4 is 51.7 Å². The first-order valence-electron chi connectivity index (χ1n) is 10.9. The van der Waals surface area contributed by atoms with E-state index in [0.29, 0.717) is 11.8 Å². The van der Waals surface area contributed by atoms with E-state index in [-0.39, 0.29) is 46.6 Å². The Labute approximate surface area is 237 Å². The summed E-state index contributed by atoms with van der Waals surface area (Å²) in [5, 5.41) is 25.1. The molecule has 0 unspecified atom stereocenters. The molecule has 0 fully saturated rings. The molecule has 4 rings (SSSR count). The SMILES string of the molecule is Cc1cc(I)cc(C(=O)NCC#N)c1NC(=O)c1cc(Cn2cc(C(F)(F)F)nn2)nn1-c1ncccc1Cl. The summed E-state index contributed by atoms with van der Waals surface area (Å²) in [7, 11) is 0. The Morgan fingerprint density at radius 3 is 2.67 bits per heavy atom. The van der Waals surface area contributed by atoms with Crippen LogP contribution in [-0.2, 0) is 12.7 Å². The predicted molar refractivity (Wildman–Crippen MR) is 140 cm³/mol. The van der Waals surface area contributed by atoms with Gasteiger partial charge in [0.25, 0.3) is 11.8 Å². The van der Waals surface area contributed by atoms with Gasteiger partial charge in [0.2, 0.25) is 0 Å². The molecule has 39 heavy (non-hydrogen) atoms. The maximum absolute atomic E-state index is 13.5. The van der Waals surface area contributed by atoms with Gasteiger partial charge in [0, 0.05) is 9.77 Å². The maximum atomic E-state index is 13.5. The van der Waals surface area contributed by atoms with E-state index in [4.69, 9.17) is 16.9 Å². The molecule has 0 aliphatic rings. The van der Waals surface area contributed by atoms with Gasteiger partial charge in [-0.25, -0.2) is 14.3 Å². The van der Waals surface area contributed by atoms with Gasteiger partial charge in [-0.2, -0.15) is 23.5 Å². The number of amides is 2. The quantitative estimate of drug-likeness (QED) is 0.224. The number of carbonyl (C=O) groups excluding carboxylic acids is 2. The number of hydrogen-bond acceptors (Lipinski definition) is 7. The summed E-state index contributed by atoms with van der Waals surface area (Å²) in [6.45, 7) is 1.22. The number of hydrogen-bond donors (Lipinski definition) is 2. The molecule has 0 saturated heterocycles. The minimum Gasteiger partial charge on any atom is -0.339 e. The molecule has 4 aromatic rings.